The van der Waals surface area contributed by atoms with Crippen LogP contribution in [0.15, 0.2) is 24.3 Å². The predicted molar refractivity (Wildman–Crippen MR) is 49.7 cm³/mol. The minimum absolute atomic E-state index is 0.215. The molecule has 0 aliphatic carbocycles. The molecule has 0 amide bonds. The molecule has 2 rings (SSSR count). The average Bonchev–Trinajstić information content (AvgIpc) is 2.21. The summed E-state index contributed by atoms with van der Waals surface area (Å²) < 4.78 is 11.0. The molecule has 0 saturated carbocycles. The van der Waals surface area contributed by atoms with Crippen molar-refractivity contribution in [3.05, 3.63) is 30.3 Å². The fraction of sp³-hybridized carbons (Fsp3) is 0.455. The quantitative estimate of drug-likeness (QED) is 0.688. The zero-order chi connectivity index (χ0) is 8.93. The van der Waals surface area contributed by atoms with Crippen molar-refractivity contribution in [1.82, 2.24) is 0 Å². The van der Waals surface area contributed by atoms with Crippen molar-refractivity contribution in [2.24, 2.45) is 0 Å². The Morgan fingerprint density at radius 3 is 3.15 bits per heavy atom. The first-order valence-electron chi connectivity index (χ1n) is 4.66. The number of hydrogen-bond acceptors (Lipinski definition) is 2. The summed E-state index contributed by atoms with van der Waals surface area (Å²) >= 11 is 0. The van der Waals surface area contributed by atoms with Crippen LogP contribution in [-0.2, 0) is 4.74 Å². The van der Waals surface area contributed by atoms with E-state index in [1.54, 1.807) is 0 Å². The lowest BCUT2D eigenvalue weighted by Crippen LogP contribution is -2.27. The Morgan fingerprint density at radius 2 is 2.46 bits per heavy atom. The van der Waals surface area contributed by atoms with Gasteiger partial charge in [-0.3, -0.25) is 0 Å². The maximum Gasteiger partial charge on any atom is 0.127 e. The number of para-hydroxylation sites is 1. The lowest BCUT2D eigenvalue weighted by atomic mass is 10.2. The van der Waals surface area contributed by atoms with E-state index >= 15 is 0 Å². The van der Waals surface area contributed by atoms with Crippen LogP contribution in [0.2, 0.25) is 0 Å². The van der Waals surface area contributed by atoms with Crippen LogP contribution in [0, 0.1) is 6.07 Å². The highest BCUT2D eigenvalue weighted by Gasteiger charge is 2.14. The van der Waals surface area contributed by atoms with Crippen LogP contribution in [0.25, 0.3) is 0 Å². The molecular weight excluding hydrogens is 164 g/mol. The van der Waals surface area contributed by atoms with Crippen LogP contribution in [0.3, 0.4) is 0 Å². The number of ether oxygens (including phenoxy) is 2. The van der Waals surface area contributed by atoms with Crippen LogP contribution in [-0.4, -0.2) is 19.3 Å². The third-order valence-corrected chi connectivity index (χ3v) is 2.09. The number of rotatable bonds is 2. The molecule has 2 heteroatoms. The molecule has 0 spiro atoms. The SMILES string of the molecule is [c]1ccccc1OC1CCCOC1. The topological polar surface area (TPSA) is 18.5 Å². The summed E-state index contributed by atoms with van der Waals surface area (Å²) in [6.45, 7) is 1.58. The van der Waals surface area contributed by atoms with Gasteiger partial charge in [-0.2, -0.15) is 0 Å². The predicted octanol–water partition coefficient (Wildman–Crippen LogP) is 2.04. The van der Waals surface area contributed by atoms with Crippen LogP contribution >= 0.6 is 0 Å². The van der Waals surface area contributed by atoms with E-state index < -0.39 is 0 Å². The summed E-state index contributed by atoms with van der Waals surface area (Å²) in [4.78, 5) is 0. The van der Waals surface area contributed by atoms with Crippen LogP contribution in [0.4, 0.5) is 0 Å². The van der Waals surface area contributed by atoms with Gasteiger partial charge >= 0.3 is 0 Å². The molecule has 0 bridgehead atoms. The zero-order valence-corrected chi connectivity index (χ0v) is 7.53. The van der Waals surface area contributed by atoms with E-state index in [0.717, 1.165) is 25.2 Å². The Bertz CT molecular complexity index is 240. The summed E-state index contributed by atoms with van der Waals surface area (Å²) in [6, 6.07) is 10.7. The third kappa shape index (κ3) is 2.46. The van der Waals surface area contributed by atoms with Crippen molar-refractivity contribution in [2.75, 3.05) is 13.2 Å². The second-order valence-electron chi connectivity index (χ2n) is 3.18. The highest BCUT2D eigenvalue weighted by atomic mass is 16.5. The Balaban J connectivity index is 1.90. The fourth-order valence-corrected chi connectivity index (χ4v) is 1.43. The van der Waals surface area contributed by atoms with Gasteiger partial charge in [-0.05, 0) is 18.9 Å². The molecule has 0 aromatic heterocycles. The molecule has 1 aromatic carbocycles. The van der Waals surface area contributed by atoms with Gasteiger partial charge in [0.25, 0.3) is 0 Å². The standard InChI is InChI=1S/C11H13O2/c1-2-5-10(6-3-1)13-11-7-4-8-12-9-11/h1-3,5,11H,4,7-9H2. The van der Waals surface area contributed by atoms with Crippen molar-refractivity contribution < 1.29 is 9.47 Å². The molecule has 1 unspecified atom stereocenters. The summed E-state index contributed by atoms with van der Waals surface area (Å²) in [6.07, 6.45) is 2.40. The smallest absolute Gasteiger partial charge is 0.127 e. The van der Waals surface area contributed by atoms with E-state index in [-0.39, 0.29) is 6.10 Å². The van der Waals surface area contributed by atoms with Crippen molar-refractivity contribution >= 4 is 0 Å². The summed E-state index contributed by atoms with van der Waals surface area (Å²) in [5.41, 5.74) is 0. The van der Waals surface area contributed by atoms with Crippen molar-refractivity contribution in [2.45, 2.75) is 18.9 Å². The molecule has 1 aromatic rings. The van der Waals surface area contributed by atoms with Gasteiger partial charge in [-0.25, -0.2) is 0 Å². The molecule has 1 radical (unpaired) electrons. The molecule has 1 aliphatic rings. The van der Waals surface area contributed by atoms with Gasteiger partial charge in [0.05, 0.1) is 6.61 Å². The van der Waals surface area contributed by atoms with E-state index in [4.69, 9.17) is 9.47 Å². The van der Waals surface area contributed by atoms with Gasteiger partial charge in [0.1, 0.15) is 11.9 Å². The molecule has 1 saturated heterocycles. The molecule has 69 valence electrons. The zero-order valence-electron chi connectivity index (χ0n) is 7.53. The minimum atomic E-state index is 0.215. The van der Waals surface area contributed by atoms with Gasteiger partial charge in [0.2, 0.25) is 0 Å². The Hall–Kier alpha value is -1.02. The normalized spacial score (nSPS) is 22.6. The van der Waals surface area contributed by atoms with Crippen molar-refractivity contribution in [1.29, 1.82) is 0 Å². The van der Waals surface area contributed by atoms with E-state index in [2.05, 4.69) is 6.07 Å². The molecule has 1 atom stereocenters. The first-order valence-corrected chi connectivity index (χ1v) is 4.66. The molecule has 2 nitrogen and oxygen atoms in total. The van der Waals surface area contributed by atoms with Crippen LogP contribution in [0.5, 0.6) is 5.75 Å². The van der Waals surface area contributed by atoms with Crippen molar-refractivity contribution in [3.8, 4) is 5.75 Å². The lowest BCUT2D eigenvalue weighted by Gasteiger charge is -2.22. The molecule has 1 heterocycles. The third-order valence-electron chi connectivity index (χ3n) is 2.09. The second-order valence-corrected chi connectivity index (χ2v) is 3.18. The molecule has 1 fully saturated rings. The minimum Gasteiger partial charge on any atom is -0.487 e. The first kappa shape index (κ1) is 8.57. The first-order chi connectivity index (χ1) is 6.45. The fourth-order valence-electron chi connectivity index (χ4n) is 1.43. The Kier molecular flexibility index (Phi) is 2.82. The van der Waals surface area contributed by atoms with Gasteiger partial charge in [-0.15, -0.1) is 0 Å². The number of benzene rings is 1. The maximum absolute atomic E-state index is 5.67. The lowest BCUT2D eigenvalue weighted by molar-refractivity contribution is 0.00732. The largest absolute Gasteiger partial charge is 0.487 e. The second kappa shape index (κ2) is 4.28. The highest BCUT2D eigenvalue weighted by molar-refractivity contribution is 5.19. The van der Waals surface area contributed by atoms with Crippen molar-refractivity contribution in [3.63, 3.8) is 0 Å². The van der Waals surface area contributed by atoms with Gasteiger partial charge < -0.3 is 9.47 Å². The number of hydrogen-bond donors (Lipinski definition) is 0. The van der Waals surface area contributed by atoms with E-state index in [9.17, 15) is 0 Å². The molecule has 1 aliphatic heterocycles. The van der Waals surface area contributed by atoms with E-state index in [0.29, 0.717) is 6.61 Å². The highest BCUT2D eigenvalue weighted by Crippen LogP contribution is 2.15. The van der Waals surface area contributed by atoms with Gasteiger partial charge in [-0.1, -0.05) is 18.2 Å². The molecule has 13 heavy (non-hydrogen) atoms. The summed E-state index contributed by atoms with van der Waals surface area (Å²) in [5.74, 6) is 0.818. The van der Waals surface area contributed by atoms with E-state index in [1.165, 1.54) is 0 Å². The van der Waals surface area contributed by atoms with E-state index in [1.807, 2.05) is 24.3 Å². The van der Waals surface area contributed by atoms with Crippen LogP contribution in [0.1, 0.15) is 12.8 Å². The Labute approximate surface area is 78.5 Å². The monoisotopic (exact) mass is 177 g/mol. The molecule has 0 N–H and O–H groups in total. The average molecular weight is 177 g/mol. The van der Waals surface area contributed by atoms with Gasteiger partial charge in [0, 0.05) is 12.7 Å². The summed E-state index contributed by atoms with van der Waals surface area (Å²) in [5, 5.41) is 0. The Morgan fingerprint density at radius 1 is 1.46 bits per heavy atom. The molecular formula is C11H13O2. The maximum atomic E-state index is 5.67. The summed E-state index contributed by atoms with van der Waals surface area (Å²) in [7, 11) is 0. The van der Waals surface area contributed by atoms with Gasteiger partial charge in [0.15, 0.2) is 0 Å². The van der Waals surface area contributed by atoms with Crippen LogP contribution < -0.4 is 4.74 Å².